The highest BCUT2D eigenvalue weighted by Crippen LogP contribution is 2.62. The summed E-state index contributed by atoms with van der Waals surface area (Å²) in [4.78, 5) is 24.6. The molecule has 0 spiro atoms. The van der Waals surface area contributed by atoms with Crippen molar-refractivity contribution in [1.29, 1.82) is 0 Å². The van der Waals surface area contributed by atoms with E-state index in [0.717, 1.165) is 18.4 Å². The molecule has 0 unspecified atom stereocenters. The Morgan fingerprint density at radius 1 is 1.25 bits per heavy atom. The van der Waals surface area contributed by atoms with E-state index in [0.29, 0.717) is 29.6 Å². The van der Waals surface area contributed by atoms with Gasteiger partial charge in [-0.3, -0.25) is 4.79 Å². The molecule has 0 aromatic carbocycles. The van der Waals surface area contributed by atoms with Gasteiger partial charge in [0.25, 0.3) is 0 Å². The van der Waals surface area contributed by atoms with Crippen molar-refractivity contribution in [3.8, 4) is 0 Å². The number of rotatable bonds is 1. The average Bonchev–Trinajstić information content (AvgIpc) is 2.94. The smallest absolute Gasteiger partial charge is 0.347 e. The molecule has 1 heterocycles. The van der Waals surface area contributed by atoms with E-state index < -0.39 is 12.1 Å². The molecule has 24 heavy (non-hydrogen) atoms. The average molecular weight is 328 g/mol. The summed E-state index contributed by atoms with van der Waals surface area (Å²) in [5.74, 6) is 0.420. The lowest BCUT2D eigenvalue weighted by molar-refractivity contribution is -0.134. The Kier molecular flexibility index (Phi) is 3.09. The minimum atomic E-state index is -0.611. The van der Waals surface area contributed by atoms with Crippen LogP contribution in [0.2, 0.25) is 0 Å². The van der Waals surface area contributed by atoms with E-state index in [9.17, 15) is 14.7 Å². The van der Waals surface area contributed by atoms with Gasteiger partial charge in [-0.1, -0.05) is 33.8 Å². The van der Waals surface area contributed by atoms with Gasteiger partial charge in [-0.05, 0) is 42.6 Å². The van der Waals surface area contributed by atoms with Crippen molar-refractivity contribution < 1.29 is 19.4 Å². The van der Waals surface area contributed by atoms with Crippen molar-refractivity contribution in [2.75, 3.05) is 0 Å². The molecule has 1 fully saturated rings. The molecule has 4 aliphatic rings. The fraction of sp³-hybridized carbons (Fsp3) is 0.600. The number of ketones is 1. The van der Waals surface area contributed by atoms with E-state index in [4.69, 9.17) is 4.74 Å². The highest BCUT2D eigenvalue weighted by molar-refractivity contribution is 6.25. The van der Waals surface area contributed by atoms with Crippen LogP contribution >= 0.6 is 0 Å². The van der Waals surface area contributed by atoms with Crippen LogP contribution in [0, 0.1) is 22.7 Å². The molecule has 4 atom stereocenters. The van der Waals surface area contributed by atoms with Gasteiger partial charge in [0.15, 0.2) is 5.78 Å². The van der Waals surface area contributed by atoms with Gasteiger partial charge < -0.3 is 9.84 Å². The van der Waals surface area contributed by atoms with Crippen LogP contribution in [0.1, 0.15) is 47.0 Å². The van der Waals surface area contributed by atoms with Gasteiger partial charge in [-0.15, -0.1) is 0 Å². The van der Waals surface area contributed by atoms with Crippen LogP contribution in [0.3, 0.4) is 0 Å². The number of esters is 1. The SMILES string of the molecule is CC(C)[C@H]1C[C@H](O)C2=C3OC(=O)C4=C3[C@@](C)(C=CC4=O)CC[C@@]21C. The number of hydrogen-bond acceptors (Lipinski definition) is 4. The van der Waals surface area contributed by atoms with Gasteiger partial charge in [0.2, 0.25) is 0 Å². The molecule has 0 bridgehead atoms. The topological polar surface area (TPSA) is 63.6 Å². The lowest BCUT2D eigenvalue weighted by Crippen LogP contribution is -2.29. The number of carbonyl (C=O) groups excluding carboxylic acids is 2. The lowest BCUT2D eigenvalue weighted by Gasteiger charge is -2.36. The number of allylic oxidation sites excluding steroid dienone is 3. The van der Waals surface area contributed by atoms with Crippen LogP contribution in [0.5, 0.6) is 0 Å². The van der Waals surface area contributed by atoms with Gasteiger partial charge in [0.05, 0.1) is 6.10 Å². The first kappa shape index (κ1) is 15.8. The molecule has 0 aromatic rings. The highest BCUT2D eigenvalue weighted by atomic mass is 16.5. The van der Waals surface area contributed by atoms with Crippen molar-refractivity contribution in [2.45, 2.75) is 53.1 Å². The summed E-state index contributed by atoms with van der Waals surface area (Å²) < 4.78 is 5.62. The number of fused-ring (bicyclic) bond motifs is 1. The summed E-state index contributed by atoms with van der Waals surface area (Å²) in [6.07, 6.45) is 5.25. The first-order valence-corrected chi connectivity index (χ1v) is 8.82. The van der Waals surface area contributed by atoms with Crippen LogP contribution in [-0.2, 0) is 14.3 Å². The molecular weight excluding hydrogens is 304 g/mol. The molecule has 0 radical (unpaired) electrons. The molecule has 3 aliphatic carbocycles. The molecular formula is C20H24O4. The summed E-state index contributed by atoms with van der Waals surface area (Å²) in [5.41, 5.74) is 1.13. The second-order valence-electron chi connectivity index (χ2n) is 8.52. The highest BCUT2D eigenvalue weighted by Gasteiger charge is 2.57. The van der Waals surface area contributed by atoms with Crippen LogP contribution in [0.25, 0.3) is 0 Å². The standard InChI is InChI=1S/C20H24O4/c1-10(2)11-9-13(22)15-17-16-14(18(23)24-17)12(21)5-6-19(16,3)7-8-20(11,15)4/h5-6,10-11,13,22H,7-9H2,1-4H3/t11-,13+,19+,20-/m1/s1. The second-order valence-corrected chi connectivity index (χ2v) is 8.52. The summed E-state index contributed by atoms with van der Waals surface area (Å²) in [7, 11) is 0. The van der Waals surface area contributed by atoms with E-state index in [1.807, 2.05) is 6.08 Å². The second kappa shape index (κ2) is 4.69. The zero-order valence-corrected chi connectivity index (χ0v) is 14.7. The maximum atomic E-state index is 12.4. The Hall–Kier alpha value is -1.68. The number of ether oxygens (including phenoxy) is 1. The predicted molar refractivity (Wildman–Crippen MR) is 88.7 cm³/mol. The van der Waals surface area contributed by atoms with E-state index in [-0.39, 0.29) is 22.2 Å². The molecule has 1 saturated carbocycles. The van der Waals surface area contributed by atoms with Crippen molar-refractivity contribution in [3.05, 3.63) is 34.6 Å². The number of carbonyl (C=O) groups is 2. The largest absolute Gasteiger partial charge is 0.422 e. The van der Waals surface area contributed by atoms with Crippen LogP contribution in [0.15, 0.2) is 34.6 Å². The molecule has 0 aromatic heterocycles. The Bertz CT molecular complexity index is 754. The quantitative estimate of drug-likeness (QED) is 0.593. The van der Waals surface area contributed by atoms with Gasteiger partial charge in [0, 0.05) is 16.6 Å². The molecule has 1 aliphatic heterocycles. The third-order valence-corrected chi connectivity index (χ3v) is 6.75. The molecule has 0 saturated heterocycles. The maximum absolute atomic E-state index is 12.4. The zero-order valence-electron chi connectivity index (χ0n) is 14.7. The van der Waals surface area contributed by atoms with Crippen molar-refractivity contribution >= 4 is 11.8 Å². The Morgan fingerprint density at radius 2 is 1.96 bits per heavy atom. The van der Waals surface area contributed by atoms with E-state index in [2.05, 4.69) is 27.7 Å². The maximum Gasteiger partial charge on any atom is 0.347 e. The molecule has 0 amide bonds. The number of aliphatic hydroxyl groups excluding tert-OH is 1. The molecule has 4 nitrogen and oxygen atoms in total. The summed E-state index contributed by atoms with van der Waals surface area (Å²) in [6, 6.07) is 0. The summed E-state index contributed by atoms with van der Waals surface area (Å²) in [5, 5.41) is 10.8. The van der Waals surface area contributed by atoms with E-state index in [1.54, 1.807) is 0 Å². The Balaban J connectivity index is 2.01. The fourth-order valence-electron chi connectivity index (χ4n) is 5.46. The minimum absolute atomic E-state index is 0.173. The first-order valence-electron chi connectivity index (χ1n) is 8.82. The monoisotopic (exact) mass is 328 g/mol. The molecule has 1 N–H and O–H groups in total. The van der Waals surface area contributed by atoms with Crippen LogP contribution in [0.4, 0.5) is 0 Å². The summed E-state index contributed by atoms with van der Waals surface area (Å²) >= 11 is 0. The van der Waals surface area contributed by atoms with E-state index in [1.165, 1.54) is 6.08 Å². The Labute approximate surface area is 142 Å². The summed E-state index contributed by atoms with van der Waals surface area (Å²) in [6.45, 7) is 8.62. The van der Waals surface area contributed by atoms with E-state index >= 15 is 0 Å². The normalized spacial score (nSPS) is 40.9. The third-order valence-electron chi connectivity index (χ3n) is 6.75. The predicted octanol–water partition coefficient (Wildman–Crippen LogP) is 3.08. The van der Waals surface area contributed by atoms with Crippen LogP contribution < -0.4 is 0 Å². The lowest BCUT2D eigenvalue weighted by atomic mass is 9.67. The molecule has 4 rings (SSSR count). The Morgan fingerprint density at radius 3 is 2.62 bits per heavy atom. The van der Waals surface area contributed by atoms with Gasteiger partial charge in [-0.25, -0.2) is 4.79 Å². The zero-order chi connectivity index (χ0) is 17.4. The van der Waals surface area contributed by atoms with Crippen molar-refractivity contribution in [3.63, 3.8) is 0 Å². The first-order chi connectivity index (χ1) is 11.2. The van der Waals surface area contributed by atoms with Gasteiger partial charge in [0.1, 0.15) is 11.3 Å². The fourth-order valence-corrected chi connectivity index (χ4v) is 5.46. The van der Waals surface area contributed by atoms with Crippen molar-refractivity contribution in [1.82, 2.24) is 0 Å². The van der Waals surface area contributed by atoms with Gasteiger partial charge >= 0.3 is 5.97 Å². The third kappa shape index (κ3) is 1.78. The molecule has 128 valence electrons. The number of hydrogen-bond donors (Lipinski definition) is 1. The van der Waals surface area contributed by atoms with Crippen LogP contribution in [-0.4, -0.2) is 23.0 Å². The molecule has 4 heteroatoms. The van der Waals surface area contributed by atoms with Gasteiger partial charge in [-0.2, -0.15) is 0 Å². The van der Waals surface area contributed by atoms with Crippen molar-refractivity contribution in [2.24, 2.45) is 22.7 Å². The minimum Gasteiger partial charge on any atom is -0.422 e. The number of aliphatic hydroxyl groups is 1.